The van der Waals surface area contributed by atoms with Gasteiger partial charge in [-0.3, -0.25) is 0 Å². The van der Waals surface area contributed by atoms with E-state index >= 15 is 0 Å². The van der Waals surface area contributed by atoms with Crippen molar-refractivity contribution in [3.8, 4) is 5.75 Å². The fourth-order valence-corrected chi connectivity index (χ4v) is 1.47. The molecule has 82 valence electrons. The van der Waals surface area contributed by atoms with Crippen molar-refractivity contribution >= 4 is 6.29 Å². The van der Waals surface area contributed by atoms with Gasteiger partial charge in [0.05, 0.1) is 12.7 Å². The van der Waals surface area contributed by atoms with Crippen LogP contribution in [0.4, 0.5) is 0 Å². The van der Waals surface area contributed by atoms with Crippen LogP contribution in [0.3, 0.4) is 0 Å². The van der Waals surface area contributed by atoms with E-state index < -0.39 is 5.60 Å². The molecule has 3 heteroatoms. The number of aldehydes is 1. The van der Waals surface area contributed by atoms with Gasteiger partial charge >= 0.3 is 0 Å². The molecule has 0 aliphatic rings. The third-order valence-corrected chi connectivity index (χ3v) is 2.24. The van der Waals surface area contributed by atoms with Gasteiger partial charge in [-0.25, -0.2) is 0 Å². The third kappa shape index (κ3) is 3.72. The molecule has 1 N–H and O–H groups in total. The summed E-state index contributed by atoms with van der Waals surface area (Å²) in [6.45, 7) is 1.65. The highest BCUT2D eigenvalue weighted by atomic mass is 16.5. The maximum Gasteiger partial charge on any atom is 0.122 e. The Morgan fingerprint density at radius 3 is 2.87 bits per heavy atom. The average molecular weight is 208 g/mol. The average Bonchev–Trinajstić information content (AvgIpc) is 2.17. The maximum atomic E-state index is 10.3. The minimum absolute atomic E-state index is 0.143. The summed E-state index contributed by atoms with van der Waals surface area (Å²) in [6.07, 6.45) is 1.33. The van der Waals surface area contributed by atoms with Crippen LogP contribution in [0, 0.1) is 0 Å². The van der Waals surface area contributed by atoms with Crippen LogP contribution in [-0.2, 0) is 11.2 Å². The Labute approximate surface area is 89.7 Å². The first-order valence-electron chi connectivity index (χ1n) is 4.86. The zero-order chi connectivity index (χ0) is 11.3. The van der Waals surface area contributed by atoms with E-state index in [2.05, 4.69) is 0 Å². The summed E-state index contributed by atoms with van der Waals surface area (Å²) in [6, 6.07) is 7.48. The van der Waals surface area contributed by atoms with E-state index in [0.717, 1.165) is 17.6 Å². The van der Waals surface area contributed by atoms with Crippen molar-refractivity contribution < 1.29 is 14.6 Å². The molecule has 0 saturated carbocycles. The lowest BCUT2D eigenvalue weighted by Gasteiger charge is -2.20. The number of hydrogen-bond acceptors (Lipinski definition) is 3. The second-order valence-electron chi connectivity index (χ2n) is 3.90. The van der Waals surface area contributed by atoms with E-state index in [4.69, 9.17) is 4.74 Å². The van der Waals surface area contributed by atoms with Gasteiger partial charge in [-0.2, -0.15) is 0 Å². The van der Waals surface area contributed by atoms with Gasteiger partial charge in [0.25, 0.3) is 0 Å². The molecular formula is C12H16O3. The molecule has 0 saturated heterocycles. The van der Waals surface area contributed by atoms with E-state index in [1.165, 1.54) is 0 Å². The molecule has 0 radical (unpaired) electrons. The smallest absolute Gasteiger partial charge is 0.122 e. The second-order valence-corrected chi connectivity index (χ2v) is 3.90. The largest absolute Gasteiger partial charge is 0.497 e. The Morgan fingerprint density at radius 2 is 2.27 bits per heavy atom. The zero-order valence-corrected chi connectivity index (χ0v) is 9.06. The monoisotopic (exact) mass is 208 g/mol. The standard InChI is InChI=1S/C12H16O3/c1-12(14,6-7-13)9-10-4-3-5-11(8-10)15-2/h3-5,7-8,14H,6,9H2,1-2H3. The lowest BCUT2D eigenvalue weighted by molar-refractivity contribution is -0.111. The molecule has 1 atom stereocenters. The number of hydrogen-bond donors (Lipinski definition) is 1. The molecule has 0 heterocycles. The number of aliphatic hydroxyl groups is 1. The topological polar surface area (TPSA) is 46.5 Å². The first-order chi connectivity index (χ1) is 7.07. The molecule has 0 fully saturated rings. The number of benzene rings is 1. The van der Waals surface area contributed by atoms with Gasteiger partial charge in [0, 0.05) is 12.8 Å². The molecular weight excluding hydrogens is 192 g/mol. The van der Waals surface area contributed by atoms with Crippen LogP contribution in [0.15, 0.2) is 24.3 Å². The third-order valence-electron chi connectivity index (χ3n) is 2.24. The molecule has 1 aromatic carbocycles. The van der Waals surface area contributed by atoms with Crippen LogP contribution in [0.2, 0.25) is 0 Å². The molecule has 0 aliphatic heterocycles. The number of ether oxygens (including phenoxy) is 1. The minimum atomic E-state index is -0.978. The molecule has 15 heavy (non-hydrogen) atoms. The molecule has 1 rings (SSSR count). The van der Waals surface area contributed by atoms with E-state index in [1.54, 1.807) is 14.0 Å². The summed E-state index contributed by atoms with van der Waals surface area (Å²) in [4.78, 5) is 10.3. The van der Waals surface area contributed by atoms with Crippen molar-refractivity contribution in [3.05, 3.63) is 29.8 Å². The summed E-state index contributed by atoms with van der Waals surface area (Å²) in [7, 11) is 1.60. The fraction of sp³-hybridized carbons (Fsp3) is 0.417. The van der Waals surface area contributed by atoms with Crippen molar-refractivity contribution in [2.24, 2.45) is 0 Å². The summed E-state index contributed by atoms with van der Waals surface area (Å²) >= 11 is 0. The number of carbonyl (C=O) groups excluding carboxylic acids is 1. The molecule has 0 spiro atoms. The van der Waals surface area contributed by atoms with Crippen LogP contribution in [-0.4, -0.2) is 24.1 Å². The molecule has 0 aliphatic carbocycles. The van der Waals surface area contributed by atoms with Gasteiger partial charge < -0.3 is 14.6 Å². The molecule has 1 unspecified atom stereocenters. The Kier molecular flexibility index (Phi) is 3.86. The van der Waals surface area contributed by atoms with Gasteiger partial charge in [-0.05, 0) is 24.6 Å². The molecule has 1 aromatic rings. The molecule has 0 amide bonds. The lowest BCUT2D eigenvalue weighted by atomic mass is 9.94. The highest BCUT2D eigenvalue weighted by Crippen LogP contribution is 2.19. The number of methoxy groups -OCH3 is 1. The Bertz CT molecular complexity index is 331. The van der Waals surface area contributed by atoms with Gasteiger partial charge in [0.15, 0.2) is 0 Å². The van der Waals surface area contributed by atoms with Crippen LogP contribution >= 0.6 is 0 Å². The normalized spacial score (nSPS) is 14.3. The minimum Gasteiger partial charge on any atom is -0.497 e. The predicted octanol–water partition coefficient (Wildman–Crippen LogP) is 1.58. The SMILES string of the molecule is COc1cccc(CC(C)(O)CC=O)c1. The quantitative estimate of drug-likeness (QED) is 0.747. The van der Waals surface area contributed by atoms with Crippen LogP contribution in [0.25, 0.3) is 0 Å². The zero-order valence-electron chi connectivity index (χ0n) is 9.06. The highest BCUT2D eigenvalue weighted by Gasteiger charge is 2.20. The summed E-state index contributed by atoms with van der Waals surface area (Å²) < 4.78 is 5.08. The van der Waals surface area contributed by atoms with Gasteiger partial charge in [0.2, 0.25) is 0 Å². The van der Waals surface area contributed by atoms with Crippen molar-refractivity contribution in [3.63, 3.8) is 0 Å². The number of rotatable bonds is 5. The first-order valence-corrected chi connectivity index (χ1v) is 4.86. The van der Waals surface area contributed by atoms with Crippen molar-refractivity contribution in [2.45, 2.75) is 25.4 Å². The molecule has 0 bridgehead atoms. The summed E-state index contributed by atoms with van der Waals surface area (Å²) in [5, 5.41) is 9.86. The van der Waals surface area contributed by atoms with Crippen molar-refractivity contribution in [1.29, 1.82) is 0 Å². The second kappa shape index (κ2) is 4.94. The number of carbonyl (C=O) groups is 1. The Morgan fingerprint density at radius 1 is 1.53 bits per heavy atom. The molecule has 0 aromatic heterocycles. The Hall–Kier alpha value is -1.35. The predicted molar refractivity (Wildman–Crippen MR) is 58.0 cm³/mol. The van der Waals surface area contributed by atoms with Gasteiger partial charge in [-0.15, -0.1) is 0 Å². The first kappa shape index (κ1) is 11.7. The van der Waals surface area contributed by atoms with Crippen LogP contribution in [0.5, 0.6) is 5.75 Å². The van der Waals surface area contributed by atoms with Gasteiger partial charge in [-0.1, -0.05) is 12.1 Å². The van der Waals surface area contributed by atoms with Gasteiger partial charge in [0.1, 0.15) is 12.0 Å². The molecule has 3 nitrogen and oxygen atoms in total. The van der Waals surface area contributed by atoms with E-state index in [-0.39, 0.29) is 6.42 Å². The van der Waals surface area contributed by atoms with Crippen molar-refractivity contribution in [1.82, 2.24) is 0 Å². The van der Waals surface area contributed by atoms with E-state index in [9.17, 15) is 9.90 Å². The maximum absolute atomic E-state index is 10.3. The van der Waals surface area contributed by atoms with Crippen LogP contribution < -0.4 is 4.74 Å². The van der Waals surface area contributed by atoms with Crippen LogP contribution in [0.1, 0.15) is 18.9 Å². The van der Waals surface area contributed by atoms with E-state index in [0.29, 0.717) is 6.42 Å². The summed E-state index contributed by atoms with van der Waals surface area (Å²) in [5.41, 5.74) is -0.0186. The van der Waals surface area contributed by atoms with E-state index in [1.807, 2.05) is 24.3 Å². The lowest BCUT2D eigenvalue weighted by Crippen LogP contribution is -2.27. The fourth-order valence-electron chi connectivity index (χ4n) is 1.47. The Balaban J connectivity index is 2.75. The highest BCUT2D eigenvalue weighted by molar-refractivity contribution is 5.51. The van der Waals surface area contributed by atoms with Crippen molar-refractivity contribution in [2.75, 3.05) is 7.11 Å². The summed E-state index contributed by atoms with van der Waals surface area (Å²) in [5.74, 6) is 0.759.